The van der Waals surface area contributed by atoms with Gasteiger partial charge in [-0.15, -0.1) is 0 Å². The summed E-state index contributed by atoms with van der Waals surface area (Å²) < 4.78 is 27.6. The molecule has 0 saturated carbocycles. The molecule has 0 bridgehead atoms. The molecule has 1 atom stereocenters. The van der Waals surface area contributed by atoms with E-state index in [1.165, 1.54) is 4.90 Å². The summed E-state index contributed by atoms with van der Waals surface area (Å²) in [6.07, 6.45) is 1.05. The predicted octanol–water partition coefficient (Wildman–Crippen LogP) is 3.92. The maximum Gasteiger partial charge on any atom is 0.244 e. The van der Waals surface area contributed by atoms with Crippen molar-refractivity contribution in [2.75, 3.05) is 17.1 Å². The smallest absolute Gasteiger partial charge is 0.244 e. The maximum atomic E-state index is 13.4. The van der Waals surface area contributed by atoms with Gasteiger partial charge in [-0.05, 0) is 66.5 Å². The predicted molar refractivity (Wildman–Crippen MR) is 134 cm³/mol. The van der Waals surface area contributed by atoms with Crippen LogP contribution in [-0.4, -0.2) is 50.0 Å². The summed E-state index contributed by atoms with van der Waals surface area (Å²) in [6, 6.07) is 13.3. The van der Waals surface area contributed by atoms with E-state index < -0.39 is 28.5 Å². The average molecular weight is 589 g/mol. The summed E-state index contributed by atoms with van der Waals surface area (Å²) >= 11 is 6.74. The van der Waals surface area contributed by atoms with Crippen LogP contribution in [0.3, 0.4) is 0 Å². The van der Waals surface area contributed by atoms with Gasteiger partial charge in [0.2, 0.25) is 21.8 Å². The van der Waals surface area contributed by atoms with Crippen molar-refractivity contribution in [3.8, 4) is 0 Å². The van der Waals surface area contributed by atoms with E-state index in [0.29, 0.717) is 10.2 Å². The third-order valence-electron chi connectivity index (χ3n) is 4.66. The first kappa shape index (κ1) is 26.3. The van der Waals surface area contributed by atoms with E-state index in [0.717, 1.165) is 20.6 Å². The Bertz CT molecular complexity index is 1060. The van der Waals surface area contributed by atoms with Gasteiger partial charge < -0.3 is 10.2 Å². The Hall–Kier alpha value is -1.91. The topological polar surface area (TPSA) is 86.8 Å². The lowest BCUT2D eigenvalue weighted by atomic mass is 10.1. The van der Waals surface area contributed by atoms with Crippen LogP contribution in [0.5, 0.6) is 0 Å². The first-order chi connectivity index (χ1) is 14.9. The second-order valence-electron chi connectivity index (χ2n) is 7.71. The molecule has 1 N–H and O–H groups in total. The van der Waals surface area contributed by atoms with E-state index in [4.69, 9.17) is 0 Å². The molecule has 0 aliphatic heterocycles. The highest BCUT2D eigenvalue weighted by molar-refractivity contribution is 9.10. The Kier molecular flexibility index (Phi) is 9.29. The van der Waals surface area contributed by atoms with E-state index in [2.05, 4.69) is 37.2 Å². The molecule has 0 heterocycles. The number of para-hydroxylation sites is 1. The number of nitrogens with one attached hydrogen (secondary N) is 1. The lowest BCUT2D eigenvalue weighted by molar-refractivity contribution is -0.139. The van der Waals surface area contributed by atoms with Crippen LogP contribution in [0.25, 0.3) is 0 Å². The number of halogens is 2. The lowest BCUT2D eigenvalue weighted by Crippen LogP contribution is -2.52. The zero-order valence-corrected chi connectivity index (χ0v) is 22.4. The van der Waals surface area contributed by atoms with Crippen LogP contribution in [0.2, 0.25) is 0 Å². The van der Waals surface area contributed by atoms with Gasteiger partial charge in [-0.1, -0.05) is 40.2 Å². The molecule has 7 nitrogen and oxygen atoms in total. The normalized spacial score (nSPS) is 12.3. The zero-order chi connectivity index (χ0) is 24.1. The summed E-state index contributed by atoms with van der Waals surface area (Å²) in [6.45, 7) is 5.04. The van der Waals surface area contributed by atoms with E-state index in [-0.39, 0.29) is 18.5 Å². The van der Waals surface area contributed by atoms with Crippen LogP contribution >= 0.6 is 31.9 Å². The molecular formula is C22H27Br2N3O4S. The average Bonchev–Trinajstić information content (AvgIpc) is 2.70. The van der Waals surface area contributed by atoms with Crippen molar-refractivity contribution < 1.29 is 18.0 Å². The van der Waals surface area contributed by atoms with Crippen molar-refractivity contribution in [1.82, 2.24) is 10.2 Å². The fourth-order valence-electron chi connectivity index (χ4n) is 3.02. The number of carbonyl (C=O) groups excluding carboxylic acids is 2. The van der Waals surface area contributed by atoms with E-state index in [9.17, 15) is 18.0 Å². The standard InChI is InChI=1S/C22H27Br2N3O4S/c1-15(2)25-22(29)16(3)26(13-17-9-11-18(23)12-10-17)21(28)14-27(32(4,30)31)20-8-6-5-7-19(20)24/h5-12,15-16H,13-14H2,1-4H3,(H,25,29)/t16-/m1/s1. The SMILES string of the molecule is CC(C)NC(=O)[C@@H](C)N(Cc1ccc(Br)cc1)C(=O)CN(c1ccccc1Br)S(C)(=O)=O. The van der Waals surface area contributed by atoms with E-state index >= 15 is 0 Å². The number of amides is 2. The Morgan fingerprint density at radius 1 is 1.00 bits per heavy atom. The number of anilines is 1. The second-order valence-corrected chi connectivity index (χ2v) is 11.4. The number of hydrogen-bond acceptors (Lipinski definition) is 4. The summed E-state index contributed by atoms with van der Waals surface area (Å²) in [7, 11) is -3.76. The van der Waals surface area contributed by atoms with Gasteiger partial charge in [-0.3, -0.25) is 13.9 Å². The fourth-order valence-corrected chi connectivity index (χ4v) is 4.76. The molecule has 0 saturated heterocycles. The third kappa shape index (κ3) is 7.31. The van der Waals surface area contributed by atoms with Gasteiger partial charge in [-0.2, -0.15) is 0 Å². The molecule has 2 rings (SSSR count). The molecule has 0 radical (unpaired) electrons. The van der Waals surface area contributed by atoms with Gasteiger partial charge in [-0.25, -0.2) is 8.42 Å². The summed E-state index contributed by atoms with van der Waals surface area (Å²) in [5.74, 6) is -0.794. The Balaban J connectivity index is 2.39. The quantitative estimate of drug-likeness (QED) is 0.481. The highest BCUT2D eigenvalue weighted by Crippen LogP contribution is 2.28. The van der Waals surface area contributed by atoms with Crippen LogP contribution in [0.15, 0.2) is 57.5 Å². The fraction of sp³-hybridized carbons (Fsp3) is 0.364. The lowest BCUT2D eigenvalue weighted by Gasteiger charge is -2.32. The molecule has 10 heteroatoms. The molecule has 174 valence electrons. The highest BCUT2D eigenvalue weighted by atomic mass is 79.9. The molecule has 0 unspecified atom stereocenters. The number of carbonyl (C=O) groups is 2. The highest BCUT2D eigenvalue weighted by Gasteiger charge is 2.30. The van der Waals surface area contributed by atoms with Gasteiger partial charge in [0.05, 0.1) is 11.9 Å². The monoisotopic (exact) mass is 587 g/mol. The van der Waals surface area contributed by atoms with Crippen molar-refractivity contribution in [3.63, 3.8) is 0 Å². The largest absolute Gasteiger partial charge is 0.352 e. The van der Waals surface area contributed by atoms with Crippen molar-refractivity contribution in [2.45, 2.75) is 39.4 Å². The molecular weight excluding hydrogens is 562 g/mol. The Labute approximate surface area is 206 Å². The molecule has 0 fully saturated rings. The van der Waals surface area contributed by atoms with Gasteiger partial charge in [0.15, 0.2) is 0 Å². The van der Waals surface area contributed by atoms with Crippen LogP contribution < -0.4 is 9.62 Å². The van der Waals surface area contributed by atoms with Crippen molar-refractivity contribution in [3.05, 3.63) is 63.0 Å². The van der Waals surface area contributed by atoms with Crippen LogP contribution in [0, 0.1) is 0 Å². The van der Waals surface area contributed by atoms with E-state index in [1.807, 2.05) is 38.1 Å². The van der Waals surface area contributed by atoms with Gasteiger partial charge >= 0.3 is 0 Å². The molecule has 0 aliphatic rings. The molecule has 32 heavy (non-hydrogen) atoms. The first-order valence-corrected chi connectivity index (χ1v) is 13.4. The van der Waals surface area contributed by atoms with Crippen LogP contribution in [0.1, 0.15) is 26.3 Å². The van der Waals surface area contributed by atoms with E-state index in [1.54, 1.807) is 31.2 Å². The zero-order valence-electron chi connectivity index (χ0n) is 18.4. The van der Waals surface area contributed by atoms with Gasteiger partial charge in [0, 0.05) is 21.5 Å². The summed E-state index contributed by atoms with van der Waals surface area (Å²) in [4.78, 5) is 27.5. The molecule has 0 spiro atoms. The summed E-state index contributed by atoms with van der Waals surface area (Å²) in [5, 5.41) is 2.82. The number of hydrogen-bond donors (Lipinski definition) is 1. The first-order valence-electron chi connectivity index (χ1n) is 9.96. The number of sulfonamides is 1. The minimum absolute atomic E-state index is 0.0950. The van der Waals surface area contributed by atoms with Gasteiger partial charge in [0.1, 0.15) is 12.6 Å². The second kappa shape index (κ2) is 11.3. The molecule has 0 aromatic heterocycles. The summed E-state index contributed by atoms with van der Waals surface area (Å²) in [5.41, 5.74) is 1.17. The third-order valence-corrected chi connectivity index (χ3v) is 6.99. The van der Waals surface area contributed by atoms with Crippen molar-refractivity contribution in [1.29, 1.82) is 0 Å². The minimum atomic E-state index is -3.76. The number of rotatable bonds is 9. The molecule has 2 aromatic carbocycles. The Morgan fingerprint density at radius 2 is 1.59 bits per heavy atom. The van der Waals surface area contributed by atoms with Crippen molar-refractivity contribution >= 4 is 59.4 Å². The molecule has 0 aliphatic carbocycles. The molecule has 2 aromatic rings. The van der Waals surface area contributed by atoms with Crippen molar-refractivity contribution in [2.24, 2.45) is 0 Å². The molecule has 2 amide bonds. The number of nitrogens with zero attached hydrogens (tertiary/aromatic N) is 2. The van der Waals surface area contributed by atoms with Crippen LogP contribution in [0.4, 0.5) is 5.69 Å². The Morgan fingerprint density at radius 3 is 2.12 bits per heavy atom. The van der Waals surface area contributed by atoms with Crippen LogP contribution in [-0.2, 0) is 26.2 Å². The van der Waals surface area contributed by atoms with Gasteiger partial charge in [0.25, 0.3) is 0 Å². The number of benzene rings is 2. The maximum absolute atomic E-state index is 13.4. The minimum Gasteiger partial charge on any atom is -0.352 e.